The number of nitrogens with one attached hydrogen (secondary N) is 1. The molecule has 0 spiro atoms. The fraction of sp³-hybridized carbons (Fsp3) is 0.615. The molecular formula is C13H16F3N3. The SMILES string of the molecule is FC(F)(F)c1cnc2c(c1)CCC[C@@H]1CNCCN21. The van der Waals surface area contributed by atoms with Gasteiger partial charge in [-0.15, -0.1) is 0 Å². The molecule has 1 atom stereocenters. The molecule has 0 aromatic carbocycles. The molecule has 104 valence electrons. The van der Waals surface area contributed by atoms with E-state index in [1.165, 1.54) is 6.07 Å². The fourth-order valence-corrected chi connectivity index (χ4v) is 2.93. The van der Waals surface area contributed by atoms with E-state index in [1.807, 2.05) is 0 Å². The molecule has 1 aromatic heterocycles. The quantitative estimate of drug-likeness (QED) is 0.784. The molecule has 1 saturated heterocycles. The van der Waals surface area contributed by atoms with E-state index in [2.05, 4.69) is 15.2 Å². The van der Waals surface area contributed by atoms with Gasteiger partial charge in [-0.2, -0.15) is 13.2 Å². The molecule has 6 heteroatoms. The summed E-state index contributed by atoms with van der Waals surface area (Å²) in [7, 11) is 0. The van der Waals surface area contributed by atoms with Crippen LogP contribution in [0, 0.1) is 0 Å². The van der Waals surface area contributed by atoms with E-state index in [1.54, 1.807) is 0 Å². The average molecular weight is 271 g/mol. The van der Waals surface area contributed by atoms with Gasteiger partial charge in [-0.25, -0.2) is 4.98 Å². The molecular weight excluding hydrogens is 255 g/mol. The van der Waals surface area contributed by atoms with Gasteiger partial charge < -0.3 is 10.2 Å². The van der Waals surface area contributed by atoms with E-state index in [0.29, 0.717) is 12.5 Å². The van der Waals surface area contributed by atoms with Gasteiger partial charge in [0.1, 0.15) is 5.82 Å². The zero-order chi connectivity index (χ0) is 13.5. The van der Waals surface area contributed by atoms with Gasteiger partial charge >= 0.3 is 6.18 Å². The Morgan fingerprint density at radius 2 is 2.21 bits per heavy atom. The van der Waals surface area contributed by atoms with Gasteiger partial charge in [-0.3, -0.25) is 0 Å². The van der Waals surface area contributed by atoms with E-state index in [0.717, 1.165) is 50.1 Å². The van der Waals surface area contributed by atoms with Gasteiger partial charge in [-0.05, 0) is 30.9 Å². The molecule has 0 radical (unpaired) electrons. The summed E-state index contributed by atoms with van der Waals surface area (Å²) in [5.41, 5.74) is 0.0964. The molecule has 0 amide bonds. The third-order valence-corrected chi connectivity index (χ3v) is 3.88. The summed E-state index contributed by atoms with van der Waals surface area (Å²) in [5, 5.41) is 3.33. The predicted octanol–water partition coefficient (Wildman–Crippen LogP) is 2.21. The summed E-state index contributed by atoms with van der Waals surface area (Å²) in [6.45, 7) is 2.57. The minimum atomic E-state index is -4.31. The highest BCUT2D eigenvalue weighted by atomic mass is 19.4. The Bertz CT molecular complexity index is 473. The van der Waals surface area contributed by atoms with Crippen molar-refractivity contribution in [3.8, 4) is 0 Å². The molecule has 3 nitrogen and oxygen atoms in total. The maximum absolute atomic E-state index is 12.7. The predicted molar refractivity (Wildman–Crippen MR) is 66.2 cm³/mol. The van der Waals surface area contributed by atoms with Crippen molar-refractivity contribution in [1.29, 1.82) is 0 Å². The Morgan fingerprint density at radius 1 is 1.37 bits per heavy atom. The molecule has 3 rings (SSSR count). The lowest BCUT2D eigenvalue weighted by Crippen LogP contribution is -2.51. The van der Waals surface area contributed by atoms with Gasteiger partial charge in [0.2, 0.25) is 0 Å². The third-order valence-electron chi connectivity index (χ3n) is 3.88. The second-order valence-corrected chi connectivity index (χ2v) is 5.15. The number of aryl methyl sites for hydroxylation is 1. The molecule has 0 aliphatic carbocycles. The van der Waals surface area contributed by atoms with Crippen molar-refractivity contribution in [1.82, 2.24) is 10.3 Å². The summed E-state index contributed by atoms with van der Waals surface area (Å²) >= 11 is 0. The Hall–Kier alpha value is -1.30. The van der Waals surface area contributed by atoms with E-state index in [-0.39, 0.29) is 0 Å². The standard InChI is InChI=1S/C13H16F3N3/c14-13(15,16)10-6-9-2-1-3-11-8-17-4-5-19(11)12(9)18-7-10/h6-7,11,17H,1-5,8H2/t11-/m1/s1. The number of rotatable bonds is 0. The summed E-state index contributed by atoms with van der Waals surface area (Å²) in [6, 6.07) is 1.63. The number of piperazine rings is 1. The van der Waals surface area contributed by atoms with E-state index < -0.39 is 11.7 Å². The van der Waals surface area contributed by atoms with Crippen molar-refractivity contribution >= 4 is 5.82 Å². The minimum Gasteiger partial charge on any atom is -0.351 e. The van der Waals surface area contributed by atoms with Gasteiger partial charge in [0, 0.05) is 31.9 Å². The molecule has 1 N–H and O–H groups in total. The smallest absolute Gasteiger partial charge is 0.351 e. The number of alkyl halides is 3. The Morgan fingerprint density at radius 3 is 3.00 bits per heavy atom. The fourth-order valence-electron chi connectivity index (χ4n) is 2.93. The molecule has 0 saturated carbocycles. The van der Waals surface area contributed by atoms with Crippen LogP contribution in [-0.2, 0) is 12.6 Å². The summed E-state index contributed by atoms with van der Waals surface area (Å²) in [5.74, 6) is 0.747. The topological polar surface area (TPSA) is 28.2 Å². The average Bonchev–Trinajstić information content (AvgIpc) is 2.56. The van der Waals surface area contributed by atoms with Crippen LogP contribution in [0.1, 0.15) is 24.0 Å². The normalized spacial score (nSPS) is 23.5. The van der Waals surface area contributed by atoms with E-state index in [9.17, 15) is 13.2 Å². The van der Waals surface area contributed by atoms with Crippen molar-refractivity contribution in [3.05, 3.63) is 23.4 Å². The first kappa shape index (κ1) is 12.7. The Balaban J connectivity index is 1.99. The van der Waals surface area contributed by atoms with Gasteiger partial charge in [-0.1, -0.05) is 0 Å². The van der Waals surface area contributed by atoms with Crippen LogP contribution in [0.25, 0.3) is 0 Å². The molecule has 0 bridgehead atoms. The molecule has 1 fully saturated rings. The number of halogens is 3. The van der Waals surface area contributed by atoms with Crippen molar-refractivity contribution in [3.63, 3.8) is 0 Å². The van der Waals surface area contributed by atoms with Crippen LogP contribution in [0.3, 0.4) is 0 Å². The van der Waals surface area contributed by atoms with Gasteiger partial charge in [0.25, 0.3) is 0 Å². The van der Waals surface area contributed by atoms with Crippen molar-refractivity contribution in [2.75, 3.05) is 24.5 Å². The zero-order valence-corrected chi connectivity index (χ0v) is 10.5. The van der Waals surface area contributed by atoms with Crippen LogP contribution in [0.2, 0.25) is 0 Å². The Labute approximate surface area is 109 Å². The van der Waals surface area contributed by atoms with Crippen LogP contribution in [0.4, 0.5) is 19.0 Å². The Kier molecular flexibility index (Phi) is 3.12. The van der Waals surface area contributed by atoms with Crippen molar-refractivity contribution < 1.29 is 13.2 Å². The third kappa shape index (κ3) is 2.41. The second kappa shape index (κ2) is 4.67. The van der Waals surface area contributed by atoms with E-state index in [4.69, 9.17) is 0 Å². The van der Waals surface area contributed by atoms with Crippen LogP contribution < -0.4 is 10.2 Å². The molecule has 3 heterocycles. The van der Waals surface area contributed by atoms with Gasteiger partial charge in [0.15, 0.2) is 0 Å². The number of fused-ring (bicyclic) bond motifs is 3. The van der Waals surface area contributed by atoms with E-state index >= 15 is 0 Å². The first-order valence-corrected chi connectivity index (χ1v) is 6.59. The summed E-state index contributed by atoms with van der Waals surface area (Å²) in [4.78, 5) is 6.27. The highest BCUT2D eigenvalue weighted by Gasteiger charge is 2.34. The maximum atomic E-state index is 12.7. The first-order valence-electron chi connectivity index (χ1n) is 6.59. The van der Waals surface area contributed by atoms with Crippen LogP contribution in [-0.4, -0.2) is 30.7 Å². The second-order valence-electron chi connectivity index (χ2n) is 5.15. The largest absolute Gasteiger partial charge is 0.417 e. The lowest BCUT2D eigenvalue weighted by Gasteiger charge is -2.36. The number of aromatic nitrogens is 1. The number of hydrogen-bond acceptors (Lipinski definition) is 3. The first-order chi connectivity index (χ1) is 9.05. The lowest BCUT2D eigenvalue weighted by atomic mass is 10.1. The number of pyridine rings is 1. The monoisotopic (exact) mass is 271 g/mol. The molecule has 0 unspecified atom stereocenters. The van der Waals surface area contributed by atoms with Crippen LogP contribution in [0.15, 0.2) is 12.3 Å². The number of nitrogens with zero attached hydrogens (tertiary/aromatic N) is 2. The number of hydrogen-bond donors (Lipinski definition) is 1. The summed E-state index contributed by atoms with van der Waals surface area (Å²) in [6.07, 6.45) is -0.747. The van der Waals surface area contributed by atoms with Crippen LogP contribution in [0.5, 0.6) is 0 Å². The highest BCUT2D eigenvalue weighted by molar-refractivity contribution is 5.51. The minimum absolute atomic E-state index is 0.360. The molecule has 19 heavy (non-hydrogen) atoms. The van der Waals surface area contributed by atoms with Crippen LogP contribution >= 0.6 is 0 Å². The molecule has 2 aliphatic rings. The molecule has 2 aliphatic heterocycles. The maximum Gasteiger partial charge on any atom is 0.417 e. The molecule has 1 aromatic rings. The number of anilines is 1. The van der Waals surface area contributed by atoms with Crippen molar-refractivity contribution in [2.24, 2.45) is 0 Å². The zero-order valence-electron chi connectivity index (χ0n) is 10.5. The summed E-state index contributed by atoms with van der Waals surface area (Å²) < 4.78 is 38.2. The van der Waals surface area contributed by atoms with Crippen molar-refractivity contribution in [2.45, 2.75) is 31.5 Å². The van der Waals surface area contributed by atoms with Gasteiger partial charge in [0.05, 0.1) is 5.56 Å². The lowest BCUT2D eigenvalue weighted by molar-refractivity contribution is -0.137. The highest BCUT2D eigenvalue weighted by Crippen LogP contribution is 2.34.